The van der Waals surface area contributed by atoms with Crippen molar-refractivity contribution in [3.05, 3.63) is 22.7 Å². The molecule has 134 valence electrons. The highest BCUT2D eigenvalue weighted by Gasteiger charge is 2.24. The average Bonchev–Trinajstić information content (AvgIpc) is 2.43. The largest absolute Gasteiger partial charge is 0.378 e. The summed E-state index contributed by atoms with van der Waals surface area (Å²) in [5, 5.41) is 0. The number of hydrogen-bond donors (Lipinski definition) is 1. The molecule has 1 atom stereocenters. The number of rotatable bonds is 7. The van der Waals surface area contributed by atoms with Crippen molar-refractivity contribution in [3.63, 3.8) is 0 Å². The molecule has 0 heterocycles. The Bertz CT molecular complexity index is 609. The van der Waals surface area contributed by atoms with Gasteiger partial charge in [0.2, 0.25) is 10.0 Å². The molecule has 0 aromatic heterocycles. The Labute approximate surface area is 154 Å². The van der Waals surface area contributed by atoms with Crippen LogP contribution in [0.2, 0.25) is 0 Å². The molecule has 0 aliphatic carbocycles. The molecule has 1 rings (SSSR count). The first-order chi connectivity index (χ1) is 10.1. The molecular formula is C15H27BrClN3O2S. The lowest BCUT2D eigenvalue weighted by Gasteiger charge is -2.22. The van der Waals surface area contributed by atoms with Gasteiger partial charge in [-0.1, -0.05) is 13.8 Å². The van der Waals surface area contributed by atoms with Crippen molar-refractivity contribution >= 4 is 44.0 Å². The first-order valence-electron chi connectivity index (χ1n) is 7.26. The lowest BCUT2D eigenvalue weighted by Crippen LogP contribution is -2.34. The molecule has 8 heteroatoms. The predicted molar refractivity (Wildman–Crippen MR) is 103 cm³/mol. The van der Waals surface area contributed by atoms with E-state index in [1.54, 1.807) is 19.2 Å². The summed E-state index contributed by atoms with van der Waals surface area (Å²) in [6.07, 6.45) is 0.637. The van der Waals surface area contributed by atoms with Crippen LogP contribution >= 0.6 is 28.3 Å². The van der Waals surface area contributed by atoms with Crippen molar-refractivity contribution in [2.75, 3.05) is 32.6 Å². The molecule has 0 saturated carbocycles. The van der Waals surface area contributed by atoms with E-state index in [-0.39, 0.29) is 23.3 Å². The normalized spacial score (nSPS) is 13.1. The standard InChI is InChI=1S/C15H26BrN3O2S.ClH/c1-11(2)14(17)8-9-19(5)22(20,21)15-10-12(18(3)4)6-7-13(15)16;/h6-7,10-11,14H,8-9,17H2,1-5H3;1H. The second-order valence-corrected chi connectivity index (χ2v) is 8.90. The number of halogens is 2. The van der Waals surface area contributed by atoms with Gasteiger partial charge in [0.15, 0.2) is 0 Å². The lowest BCUT2D eigenvalue weighted by molar-refractivity contribution is 0.397. The summed E-state index contributed by atoms with van der Waals surface area (Å²) in [6.45, 7) is 4.48. The summed E-state index contributed by atoms with van der Waals surface area (Å²) in [5.74, 6) is 0.333. The van der Waals surface area contributed by atoms with Crippen LogP contribution in [0.25, 0.3) is 0 Å². The molecule has 0 aliphatic rings. The minimum absolute atomic E-state index is 0. The zero-order chi connectivity index (χ0) is 17.1. The molecule has 1 aromatic rings. The molecule has 5 nitrogen and oxygen atoms in total. The minimum Gasteiger partial charge on any atom is -0.378 e. The number of sulfonamides is 1. The molecule has 1 aromatic carbocycles. The quantitative estimate of drug-likeness (QED) is 0.725. The van der Waals surface area contributed by atoms with Gasteiger partial charge in [-0.05, 0) is 46.5 Å². The third-order valence-electron chi connectivity index (χ3n) is 3.75. The summed E-state index contributed by atoms with van der Waals surface area (Å²) >= 11 is 3.34. The molecule has 0 amide bonds. The van der Waals surface area contributed by atoms with Gasteiger partial charge in [-0.25, -0.2) is 12.7 Å². The maximum Gasteiger partial charge on any atom is 0.244 e. The van der Waals surface area contributed by atoms with Crippen LogP contribution in [-0.4, -0.2) is 46.5 Å². The third-order valence-corrected chi connectivity index (χ3v) is 6.60. The second kappa shape index (κ2) is 9.22. The zero-order valence-corrected chi connectivity index (χ0v) is 17.5. The van der Waals surface area contributed by atoms with Crippen LogP contribution in [0.3, 0.4) is 0 Å². The summed E-state index contributed by atoms with van der Waals surface area (Å²) in [6, 6.07) is 5.31. The fourth-order valence-corrected chi connectivity index (χ4v) is 4.05. The molecule has 0 saturated heterocycles. The van der Waals surface area contributed by atoms with Gasteiger partial charge in [0.05, 0.1) is 4.90 Å². The van der Waals surface area contributed by atoms with Crippen molar-refractivity contribution in [2.45, 2.75) is 31.2 Å². The smallest absolute Gasteiger partial charge is 0.244 e. The third kappa shape index (κ3) is 5.90. The minimum atomic E-state index is -3.54. The number of anilines is 1. The van der Waals surface area contributed by atoms with Gasteiger partial charge in [-0.15, -0.1) is 12.4 Å². The summed E-state index contributed by atoms with van der Waals surface area (Å²) in [5.41, 5.74) is 6.84. The van der Waals surface area contributed by atoms with E-state index in [9.17, 15) is 8.42 Å². The number of nitrogens with zero attached hydrogens (tertiary/aromatic N) is 2. The van der Waals surface area contributed by atoms with E-state index in [4.69, 9.17) is 5.73 Å². The van der Waals surface area contributed by atoms with Gasteiger partial charge in [-0.3, -0.25) is 0 Å². The summed E-state index contributed by atoms with van der Waals surface area (Å²) < 4.78 is 27.4. The van der Waals surface area contributed by atoms with E-state index in [0.717, 1.165) is 5.69 Å². The Hall–Kier alpha value is -0.340. The molecule has 0 spiro atoms. The highest BCUT2D eigenvalue weighted by Crippen LogP contribution is 2.28. The van der Waals surface area contributed by atoms with Crippen LogP contribution in [0.1, 0.15) is 20.3 Å². The Morgan fingerprint density at radius 1 is 1.22 bits per heavy atom. The monoisotopic (exact) mass is 427 g/mol. The molecule has 0 bridgehead atoms. The van der Waals surface area contributed by atoms with Crippen LogP contribution in [0.4, 0.5) is 5.69 Å². The Morgan fingerprint density at radius 3 is 2.26 bits per heavy atom. The van der Waals surface area contributed by atoms with Crippen molar-refractivity contribution in [1.82, 2.24) is 4.31 Å². The average molecular weight is 429 g/mol. The van der Waals surface area contributed by atoms with E-state index >= 15 is 0 Å². The molecule has 1 unspecified atom stereocenters. The lowest BCUT2D eigenvalue weighted by atomic mass is 10.0. The fraction of sp³-hybridized carbons (Fsp3) is 0.600. The zero-order valence-electron chi connectivity index (χ0n) is 14.3. The van der Waals surface area contributed by atoms with Crippen molar-refractivity contribution in [1.29, 1.82) is 0 Å². The van der Waals surface area contributed by atoms with Crippen LogP contribution in [-0.2, 0) is 10.0 Å². The second-order valence-electron chi connectivity index (χ2n) is 6.03. The molecule has 0 fully saturated rings. The van der Waals surface area contributed by atoms with E-state index < -0.39 is 10.0 Å². The van der Waals surface area contributed by atoms with Gasteiger partial charge in [0, 0.05) is 43.9 Å². The highest BCUT2D eigenvalue weighted by molar-refractivity contribution is 9.10. The Balaban J connectivity index is 0.00000484. The molecule has 0 aliphatic heterocycles. The SMILES string of the molecule is CC(C)C(N)CCN(C)S(=O)(=O)c1cc(N(C)C)ccc1Br.Cl. The summed E-state index contributed by atoms with van der Waals surface area (Å²) in [4.78, 5) is 2.15. The van der Waals surface area contributed by atoms with Crippen molar-refractivity contribution < 1.29 is 8.42 Å². The molecular weight excluding hydrogens is 402 g/mol. The topological polar surface area (TPSA) is 66.6 Å². The van der Waals surface area contributed by atoms with Crippen LogP contribution < -0.4 is 10.6 Å². The first-order valence-corrected chi connectivity index (χ1v) is 9.49. The summed E-state index contributed by atoms with van der Waals surface area (Å²) in [7, 11) is 1.81. The maximum absolute atomic E-state index is 12.7. The number of nitrogens with two attached hydrogens (primary N) is 1. The van der Waals surface area contributed by atoms with Crippen LogP contribution in [0.15, 0.2) is 27.6 Å². The molecule has 23 heavy (non-hydrogen) atoms. The van der Waals surface area contributed by atoms with Gasteiger partial charge >= 0.3 is 0 Å². The van der Waals surface area contributed by atoms with E-state index in [1.807, 2.05) is 38.9 Å². The Morgan fingerprint density at radius 2 is 1.78 bits per heavy atom. The van der Waals surface area contributed by atoms with Gasteiger partial charge in [-0.2, -0.15) is 0 Å². The van der Waals surface area contributed by atoms with E-state index in [0.29, 0.717) is 23.4 Å². The predicted octanol–water partition coefficient (Wildman–Crippen LogP) is 2.93. The van der Waals surface area contributed by atoms with Crippen LogP contribution in [0.5, 0.6) is 0 Å². The number of benzene rings is 1. The fourth-order valence-electron chi connectivity index (χ4n) is 1.92. The van der Waals surface area contributed by atoms with E-state index in [1.165, 1.54) is 4.31 Å². The van der Waals surface area contributed by atoms with Crippen molar-refractivity contribution in [3.8, 4) is 0 Å². The van der Waals surface area contributed by atoms with Gasteiger partial charge in [0.25, 0.3) is 0 Å². The van der Waals surface area contributed by atoms with Gasteiger partial charge in [0.1, 0.15) is 0 Å². The Kier molecular flexibility index (Phi) is 9.09. The number of hydrogen-bond acceptors (Lipinski definition) is 4. The first kappa shape index (κ1) is 22.7. The highest BCUT2D eigenvalue weighted by atomic mass is 79.9. The van der Waals surface area contributed by atoms with Crippen molar-refractivity contribution in [2.24, 2.45) is 11.7 Å². The molecule has 0 radical (unpaired) electrons. The molecule has 2 N–H and O–H groups in total. The van der Waals surface area contributed by atoms with Gasteiger partial charge < -0.3 is 10.6 Å². The van der Waals surface area contributed by atoms with E-state index in [2.05, 4.69) is 15.9 Å². The maximum atomic E-state index is 12.7. The van der Waals surface area contributed by atoms with Crippen LogP contribution in [0, 0.1) is 5.92 Å².